The van der Waals surface area contributed by atoms with Gasteiger partial charge in [-0.3, -0.25) is 4.68 Å². The molecule has 18 heavy (non-hydrogen) atoms. The van der Waals surface area contributed by atoms with Gasteiger partial charge in [0.15, 0.2) is 0 Å². The van der Waals surface area contributed by atoms with Gasteiger partial charge >= 0.3 is 0 Å². The molecule has 0 aliphatic carbocycles. The third kappa shape index (κ3) is 2.57. The number of nitrogens with two attached hydrogens (primary N) is 1. The van der Waals surface area contributed by atoms with E-state index in [1.165, 1.54) is 0 Å². The third-order valence-corrected chi connectivity index (χ3v) is 3.39. The molecule has 2 aromatic rings. The smallest absolute Gasteiger partial charge is 0.119 e. The zero-order valence-corrected chi connectivity index (χ0v) is 12.0. The fourth-order valence-electron chi connectivity index (χ4n) is 1.87. The average Bonchev–Trinajstić information content (AvgIpc) is 2.70. The normalized spacial score (nSPS) is 12.4. The molecule has 0 radical (unpaired) electrons. The van der Waals surface area contributed by atoms with Gasteiger partial charge in [-0.05, 0) is 40.5 Å². The van der Waals surface area contributed by atoms with E-state index in [0.717, 1.165) is 21.5 Å². The lowest BCUT2D eigenvalue weighted by atomic mass is 10.0. The van der Waals surface area contributed by atoms with Crippen LogP contribution in [0.1, 0.15) is 24.2 Å². The van der Waals surface area contributed by atoms with E-state index in [-0.39, 0.29) is 6.04 Å². The number of hydrogen-bond acceptors (Lipinski definition) is 3. The Morgan fingerprint density at radius 3 is 2.56 bits per heavy atom. The topological polar surface area (TPSA) is 53.1 Å². The van der Waals surface area contributed by atoms with Crippen LogP contribution in [-0.2, 0) is 7.05 Å². The summed E-state index contributed by atoms with van der Waals surface area (Å²) in [6.07, 6.45) is 1.75. The summed E-state index contributed by atoms with van der Waals surface area (Å²) in [4.78, 5) is 0. The van der Waals surface area contributed by atoms with Gasteiger partial charge in [0.05, 0.1) is 29.0 Å². The van der Waals surface area contributed by atoms with E-state index in [4.69, 9.17) is 10.5 Å². The van der Waals surface area contributed by atoms with E-state index in [2.05, 4.69) is 21.0 Å². The lowest BCUT2D eigenvalue weighted by molar-refractivity contribution is 0.340. The van der Waals surface area contributed by atoms with Crippen LogP contribution < -0.4 is 10.5 Å². The van der Waals surface area contributed by atoms with Crippen molar-refractivity contribution >= 4 is 15.9 Å². The zero-order chi connectivity index (χ0) is 13.1. The van der Waals surface area contributed by atoms with Gasteiger partial charge in [-0.25, -0.2) is 0 Å². The SMILES string of the molecule is CCOc1ccc(C(N)c2c(Br)cnn2C)cc1. The molecule has 0 bridgehead atoms. The van der Waals surface area contributed by atoms with E-state index in [1.807, 2.05) is 38.2 Å². The molecule has 0 amide bonds. The van der Waals surface area contributed by atoms with Crippen molar-refractivity contribution in [1.29, 1.82) is 0 Å². The molecule has 1 heterocycles. The second-order valence-electron chi connectivity index (χ2n) is 3.98. The summed E-state index contributed by atoms with van der Waals surface area (Å²) in [5, 5.41) is 4.17. The highest BCUT2D eigenvalue weighted by molar-refractivity contribution is 9.10. The molecule has 1 atom stereocenters. The van der Waals surface area contributed by atoms with Crippen LogP contribution in [0.3, 0.4) is 0 Å². The monoisotopic (exact) mass is 309 g/mol. The number of aromatic nitrogens is 2. The predicted octanol–water partition coefficient (Wildman–Crippen LogP) is 2.63. The summed E-state index contributed by atoms with van der Waals surface area (Å²) in [6.45, 7) is 2.63. The quantitative estimate of drug-likeness (QED) is 0.944. The Bertz CT molecular complexity index is 502. The summed E-state index contributed by atoms with van der Waals surface area (Å²) in [5.74, 6) is 0.859. The lowest BCUT2D eigenvalue weighted by Crippen LogP contribution is -2.16. The Balaban J connectivity index is 2.26. The summed E-state index contributed by atoms with van der Waals surface area (Å²) >= 11 is 3.47. The number of rotatable bonds is 4. The third-order valence-electron chi connectivity index (χ3n) is 2.78. The van der Waals surface area contributed by atoms with Gasteiger partial charge in [-0.15, -0.1) is 0 Å². The highest BCUT2D eigenvalue weighted by atomic mass is 79.9. The van der Waals surface area contributed by atoms with Crippen LogP contribution in [0.25, 0.3) is 0 Å². The highest BCUT2D eigenvalue weighted by Crippen LogP contribution is 2.27. The molecule has 1 aromatic carbocycles. The van der Waals surface area contributed by atoms with Crippen molar-refractivity contribution in [3.63, 3.8) is 0 Å². The number of ether oxygens (including phenoxy) is 1. The molecule has 1 unspecified atom stereocenters. The minimum atomic E-state index is -0.206. The summed E-state index contributed by atoms with van der Waals surface area (Å²) < 4.78 is 8.12. The van der Waals surface area contributed by atoms with E-state index < -0.39 is 0 Å². The minimum Gasteiger partial charge on any atom is -0.494 e. The van der Waals surface area contributed by atoms with Crippen LogP contribution in [0.2, 0.25) is 0 Å². The number of nitrogens with zero attached hydrogens (tertiary/aromatic N) is 2. The van der Waals surface area contributed by atoms with Crippen LogP contribution in [0.15, 0.2) is 34.9 Å². The van der Waals surface area contributed by atoms with E-state index in [1.54, 1.807) is 10.9 Å². The second kappa shape index (κ2) is 5.54. The number of halogens is 1. The summed E-state index contributed by atoms with van der Waals surface area (Å²) in [6, 6.07) is 7.62. The molecule has 0 aliphatic rings. The highest BCUT2D eigenvalue weighted by Gasteiger charge is 2.16. The largest absolute Gasteiger partial charge is 0.494 e. The molecule has 96 valence electrons. The molecule has 4 nitrogen and oxygen atoms in total. The van der Waals surface area contributed by atoms with Crippen molar-refractivity contribution in [2.24, 2.45) is 12.8 Å². The fraction of sp³-hybridized carbons (Fsp3) is 0.308. The molecule has 2 rings (SSSR count). The van der Waals surface area contributed by atoms with Crippen LogP contribution in [0.5, 0.6) is 5.75 Å². The van der Waals surface area contributed by atoms with Gasteiger partial charge in [0, 0.05) is 7.05 Å². The standard InChI is InChI=1S/C13H16BrN3O/c1-3-18-10-6-4-9(5-7-10)12(15)13-11(14)8-16-17(13)2/h4-8,12H,3,15H2,1-2H3. The average molecular weight is 310 g/mol. The van der Waals surface area contributed by atoms with Gasteiger partial charge < -0.3 is 10.5 Å². The Morgan fingerprint density at radius 1 is 1.39 bits per heavy atom. The van der Waals surface area contributed by atoms with E-state index >= 15 is 0 Å². The molecule has 2 N–H and O–H groups in total. The van der Waals surface area contributed by atoms with Crippen LogP contribution >= 0.6 is 15.9 Å². The first-order valence-corrected chi connectivity index (χ1v) is 6.58. The second-order valence-corrected chi connectivity index (χ2v) is 4.84. The molecular formula is C13H16BrN3O. The van der Waals surface area contributed by atoms with Crippen molar-refractivity contribution in [3.8, 4) is 5.75 Å². The van der Waals surface area contributed by atoms with E-state index in [9.17, 15) is 0 Å². The predicted molar refractivity (Wildman–Crippen MR) is 74.5 cm³/mol. The van der Waals surface area contributed by atoms with Gasteiger partial charge in [0.1, 0.15) is 5.75 Å². The van der Waals surface area contributed by atoms with Crippen LogP contribution in [-0.4, -0.2) is 16.4 Å². The van der Waals surface area contributed by atoms with Crippen molar-refractivity contribution < 1.29 is 4.74 Å². The Labute approximate surface area is 115 Å². The van der Waals surface area contributed by atoms with Crippen molar-refractivity contribution in [3.05, 3.63) is 46.2 Å². The first-order valence-electron chi connectivity index (χ1n) is 5.79. The summed E-state index contributed by atoms with van der Waals surface area (Å²) in [7, 11) is 1.88. The number of aryl methyl sites for hydroxylation is 1. The van der Waals surface area contributed by atoms with Gasteiger partial charge in [0.25, 0.3) is 0 Å². The maximum atomic E-state index is 6.25. The van der Waals surface area contributed by atoms with Gasteiger partial charge in [-0.1, -0.05) is 12.1 Å². The van der Waals surface area contributed by atoms with Crippen molar-refractivity contribution in [2.45, 2.75) is 13.0 Å². The molecule has 0 aliphatic heterocycles. The van der Waals surface area contributed by atoms with Crippen LogP contribution in [0, 0.1) is 0 Å². The molecular weight excluding hydrogens is 294 g/mol. The zero-order valence-electron chi connectivity index (χ0n) is 10.4. The Hall–Kier alpha value is -1.33. The summed E-state index contributed by atoms with van der Waals surface area (Å²) in [5.41, 5.74) is 8.24. The number of benzene rings is 1. The number of hydrogen-bond donors (Lipinski definition) is 1. The van der Waals surface area contributed by atoms with Gasteiger partial charge in [0.2, 0.25) is 0 Å². The van der Waals surface area contributed by atoms with Crippen molar-refractivity contribution in [1.82, 2.24) is 9.78 Å². The molecule has 0 spiro atoms. The Morgan fingerprint density at radius 2 is 2.06 bits per heavy atom. The van der Waals surface area contributed by atoms with E-state index in [0.29, 0.717) is 6.61 Å². The van der Waals surface area contributed by atoms with Crippen LogP contribution in [0.4, 0.5) is 0 Å². The maximum Gasteiger partial charge on any atom is 0.119 e. The molecule has 0 saturated heterocycles. The maximum absolute atomic E-state index is 6.25. The fourth-order valence-corrected chi connectivity index (χ4v) is 2.46. The van der Waals surface area contributed by atoms with Crippen molar-refractivity contribution in [2.75, 3.05) is 6.61 Å². The molecule has 0 fully saturated rings. The van der Waals surface area contributed by atoms with Gasteiger partial charge in [-0.2, -0.15) is 5.10 Å². The minimum absolute atomic E-state index is 0.206. The molecule has 5 heteroatoms. The Kier molecular flexibility index (Phi) is 4.04. The molecule has 0 saturated carbocycles. The lowest BCUT2D eigenvalue weighted by Gasteiger charge is -2.14. The first kappa shape index (κ1) is 13.1. The molecule has 1 aromatic heterocycles. The first-order chi connectivity index (χ1) is 8.63.